The molecule has 21 heavy (non-hydrogen) atoms. The van der Waals surface area contributed by atoms with Crippen LogP contribution >= 0.6 is 0 Å². The predicted octanol–water partition coefficient (Wildman–Crippen LogP) is 1.30. The van der Waals surface area contributed by atoms with Crippen LogP contribution in [0.1, 0.15) is 33.1 Å². The fourth-order valence-electron chi connectivity index (χ4n) is 2.33. The lowest BCUT2D eigenvalue weighted by Crippen LogP contribution is -2.37. The fourth-order valence-corrected chi connectivity index (χ4v) is 2.33. The van der Waals surface area contributed by atoms with Crippen molar-refractivity contribution in [2.75, 3.05) is 37.0 Å². The first kappa shape index (κ1) is 15.8. The van der Waals surface area contributed by atoms with Crippen LogP contribution in [0.2, 0.25) is 0 Å². The molecule has 118 valence electrons. The lowest BCUT2D eigenvalue weighted by atomic mass is 9.82. The molecule has 0 amide bonds. The number of aliphatic hydroxyl groups excluding tert-OH is 1. The van der Waals surface area contributed by atoms with Crippen molar-refractivity contribution in [3.8, 4) is 6.01 Å². The summed E-state index contributed by atoms with van der Waals surface area (Å²) in [6.45, 7) is 6.21. The van der Waals surface area contributed by atoms with E-state index < -0.39 is 0 Å². The van der Waals surface area contributed by atoms with Gasteiger partial charge in [0.15, 0.2) is 0 Å². The molecule has 1 aliphatic rings. The van der Waals surface area contributed by atoms with Crippen LogP contribution in [0.3, 0.4) is 0 Å². The zero-order chi connectivity index (χ0) is 15.2. The molecule has 0 saturated heterocycles. The van der Waals surface area contributed by atoms with Gasteiger partial charge in [0.25, 0.3) is 0 Å². The summed E-state index contributed by atoms with van der Waals surface area (Å²) in [7, 11) is 1.96. The minimum atomic E-state index is -0.137. The average Bonchev–Trinajstić information content (AvgIpc) is 2.43. The first-order chi connectivity index (χ1) is 10.1. The molecule has 0 radical (unpaired) electrons. The van der Waals surface area contributed by atoms with E-state index in [2.05, 4.69) is 20.3 Å². The van der Waals surface area contributed by atoms with Crippen molar-refractivity contribution in [1.82, 2.24) is 15.0 Å². The second kappa shape index (κ2) is 7.40. The first-order valence-corrected chi connectivity index (χ1v) is 7.64. The van der Waals surface area contributed by atoms with Crippen molar-refractivity contribution < 1.29 is 9.84 Å². The highest BCUT2D eigenvalue weighted by Crippen LogP contribution is 2.28. The molecule has 1 aliphatic carbocycles. The van der Waals surface area contributed by atoms with Crippen LogP contribution in [0.5, 0.6) is 6.01 Å². The molecular formula is C14H25N5O2. The summed E-state index contributed by atoms with van der Waals surface area (Å²) in [6, 6.07) is 0.360. The van der Waals surface area contributed by atoms with Gasteiger partial charge in [-0.2, -0.15) is 15.0 Å². The fraction of sp³-hybridized carbons (Fsp3) is 0.786. The van der Waals surface area contributed by atoms with Crippen molar-refractivity contribution >= 4 is 11.9 Å². The number of nitrogens with zero attached hydrogens (tertiary/aromatic N) is 4. The number of anilines is 2. The summed E-state index contributed by atoms with van der Waals surface area (Å²) in [5.74, 6) is 1.65. The molecule has 0 spiro atoms. The average molecular weight is 295 g/mol. The van der Waals surface area contributed by atoms with Crippen LogP contribution in [0.25, 0.3) is 0 Å². The van der Waals surface area contributed by atoms with Crippen LogP contribution in [-0.4, -0.2) is 52.9 Å². The molecule has 0 unspecified atom stereocenters. The maximum Gasteiger partial charge on any atom is 0.323 e. The molecule has 1 heterocycles. The standard InChI is InChI=1S/C14H25N5O2/c1-4-6-21-14-17-12(15-5-2)16-13(18-14)19(3)9-10-7-11(20)8-10/h10-11,20H,4-9H2,1-3H3,(H,15,16,17,18). The Labute approximate surface area is 125 Å². The molecule has 7 nitrogen and oxygen atoms in total. The Hall–Kier alpha value is -1.63. The van der Waals surface area contributed by atoms with Gasteiger partial charge in [0, 0.05) is 20.1 Å². The van der Waals surface area contributed by atoms with E-state index in [1.807, 2.05) is 25.8 Å². The van der Waals surface area contributed by atoms with E-state index >= 15 is 0 Å². The van der Waals surface area contributed by atoms with Gasteiger partial charge in [-0.05, 0) is 32.1 Å². The summed E-state index contributed by atoms with van der Waals surface area (Å²) in [5.41, 5.74) is 0. The molecule has 0 bridgehead atoms. The maximum absolute atomic E-state index is 9.37. The second-order valence-electron chi connectivity index (χ2n) is 5.49. The van der Waals surface area contributed by atoms with Gasteiger partial charge < -0.3 is 20.1 Å². The number of nitrogens with one attached hydrogen (secondary N) is 1. The van der Waals surface area contributed by atoms with Crippen LogP contribution in [0, 0.1) is 5.92 Å². The van der Waals surface area contributed by atoms with Gasteiger partial charge in [0.1, 0.15) is 0 Å². The Balaban J connectivity index is 2.06. The van der Waals surface area contributed by atoms with E-state index in [0.29, 0.717) is 30.4 Å². The summed E-state index contributed by atoms with van der Waals surface area (Å²) in [4.78, 5) is 15.0. The molecule has 1 fully saturated rings. The Bertz CT molecular complexity index is 451. The minimum absolute atomic E-state index is 0.137. The van der Waals surface area contributed by atoms with E-state index in [9.17, 15) is 5.11 Å². The zero-order valence-electron chi connectivity index (χ0n) is 13.0. The molecule has 1 saturated carbocycles. The largest absolute Gasteiger partial charge is 0.463 e. The highest BCUT2D eigenvalue weighted by Gasteiger charge is 2.28. The van der Waals surface area contributed by atoms with Gasteiger partial charge in [0.2, 0.25) is 11.9 Å². The van der Waals surface area contributed by atoms with Crippen LogP contribution in [0.15, 0.2) is 0 Å². The number of aliphatic hydroxyl groups is 1. The molecule has 2 rings (SSSR count). The van der Waals surface area contributed by atoms with Crippen molar-refractivity contribution in [2.24, 2.45) is 5.92 Å². The van der Waals surface area contributed by atoms with Gasteiger partial charge in [-0.1, -0.05) is 6.92 Å². The van der Waals surface area contributed by atoms with Gasteiger partial charge in [0.05, 0.1) is 12.7 Å². The van der Waals surface area contributed by atoms with E-state index in [1.165, 1.54) is 0 Å². The topological polar surface area (TPSA) is 83.4 Å². The molecule has 2 N–H and O–H groups in total. The van der Waals surface area contributed by atoms with Crippen molar-refractivity contribution in [2.45, 2.75) is 39.2 Å². The Morgan fingerprint density at radius 1 is 1.29 bits per heavy atom. The molecule has 0 aromatic carbocycles. The van der Waals surface area contributed by atoms with E-state index in [1.54, 1.807) is 0 Å². The molecule has 1 aromatic heterocycles. The zero-order valence-corrected chi connectivity index (χ0v) is 13.0. The summed E-state index contributed by atoms with van der Waals surface area (Å²) < 4.78 is 5.53. The molecule has 7 heteroatoms. The quantitative estimate of drug-likeness (QED) is 0.748. The summed E-state index contributed by atoms with van der Waals surface area (Å²) in [5, 5.41) is 12.5. The maximum atomic E-state index is 9.37. The van der Waals surface area contributed by atoms with Gasteiger partial charge >= 0.3 is 6.01 Å². The Morgan fingerprint density at radius 3 is 2.67 bits per heavy atom. The number of rotatable bonds is 8. The number of hydrogen-bond acceptors (Lipinski definition) is 7. The highest BCUT2D eigenvalue weighted by atomic mass is 16.5. The summed E-state index contributed by atoms with van der Waals surface area (Å²) in [6.07, 6.45) is 2.49. The van der Waals surface area contributed by atoms with Crippen LogP contribution in [-0.2, 0) is 0 Å². The third-order valence-corrected chi connectivity index (χ3v) is 3.46. The number of hydrogen-bond donors (Lipinski definition) is 2. The molecular weight excluding hydrogens is 270 g/mol. The Morgan fingerprint density at radius 2 is 2.05 bits per heavy atom. The van der Waals surface area contributed by atoms with Crippen LogP contribution < -0.4 is 15.0 Å². The highest BCUT2D eigenvalue weighted by molar-refractivity contribution is 5.37. The Kier molecular flexibility index (Phi) is 5.55. The summed E-state index contributed by atoms with van der Waals surface area (Å²) >= 11 is 0. The van der Waals surface area contributed by atoms with Crippen LogP contribution in [0.4, 0.5) is 11.9 Å². The van der Waals surface area contributed by atoms with Gasteiger partial charge in [-0.15, -0.1) is 0 Å². The monoisotopic (exact) mass is 295 g/mol. The SMILES string of the molecule is CCCOc1nc(NCC)nc(N(C)CC2CC(O)C2)n1. The number of aromatic nitrogens is 3. The number of ether oxygens (including phenoxy) is 1. The molecule has 1 aromatic rings. The minimum Gasteiger partial charge on any atom is -0.463 e. The molecule has 0 aliphatic heterocycles. The van der Waals surface area contributed by atoms with Crippen molar-refractivity contribution in [1.29, 1.82) is 0 Å². The van der Waals surface area contributed by atoms with Gasteiger partial charge in [-0.3, -0.25) is 0 Å². The van der Waals surface area contributed by atoms with Crippen molar-refractivity contribution in [3.63, 3.8) is 0 Å². The van der Waals surface area contributed by atoms with E-state index in [0.717, 1.165) is 32.4 Å². The third-order valence-electron chi connectivity index (χ3n) is 3.46. The normalized spacial score (nSPS) is 20.8. The van der Waals surface area contributed by atoms with E-state index in [-0.39, 0.29) is 6.10 Å². The van der Waals surface area contributed by atoms with Gasteiger partial charge in [-0.25, -0.2) is 0 Å². The predicted molar refractivity (Wildman–Crippen MR) is 81.8 cm³/mol. The molecule has 0 atom stereocenters. The third kappa shape index (κ3) is 4.42. The second-order valence-corrected chi connectivity index (χ2v) is 5.49. The van der Waals surface area contributed by atoms with Crippen molar-refractivity contribution in [3.05, 3.63) is 0 Å². The first-order valence-electron chi connectivity index (χ1n) is 7.64. The lowest BCUT2D eigenvalue weighted by molar-refractivity contribution is 0.0463. The smallest absolute Gasteiger partial charge is 0.323 e. The lowest BCUT2D eigenvalue weighted by Gasteiger charge is -2.34. The van der Waals surface area contributed by atoms with E-state index in [4.69, 9.17) is 4.74 Å².